The summed E-state index contributed by atoms with van der Waals surface area (Å²) in [7, 11) is 5.84. The number of carbonyl (C=O) groups excluding carboxylic acids is 1. The van der Waals surface area contributed by atoms with Gasteiger partial charge in [0, 0.05) is 13.2 Å². The summed E-state index contributed by atoms with van der Waals surface area (Å²) >= 11 is 0. The van der Waals surface area contributed by atoms with Gasteiger partial charge in [-0.05, 0) is 42.0 Å². The zero-order chi connectivity index (χ0) is 23.7. The van der Waals surface area contributed by atoms with Crippen LogP contribution in [0.5, 0.6) is 23.0 Å². The molecule has 0 fully saturated rings. The first kappa shape index (κ1) is 24.9. The topological polar surface area (TPSA) is 75.3 Å². The second-order valence-electron chi connectivity index (χ2n) is 6.33. The Kier molecular flexibility index (Phi) is 8.77. The second-order valence-corrected chi connectivity index (χ2v) is 6.33. The van der Waals surface area contributed by atoms with Crippen LogP contribution in [0.4, 0.5) is 18.9 Å². The van der Waals surface area contributed by atoms with Crippen LogP contribution in [-0.2, 0) is 15.7 Å². The minimum absolute atomic E-state index is 0.0876. The van der Waals surface area contributed by atoms with Crippen molar-refractivity contribution in [3.63, 3.8) is 0 Å². The number of anilines is 1. The number of alkyl halides is 3. The molecule has 1 amide bonds. The van der Waals surface area contributed by atoms with E-state index in [0.717, 1.165) is 18.2 Å². The maximum absolute atomic E-state index is 13.1. The Labute approximate surface area is 183 Å². The first-order chi connectivity index (χ1) is 15.2. The van der Waals surface area contributed by atoms with Gasteiger partial charge < -0.3 is 29.0 Å². The zero-order valence-corrected chi connectivity index (χ0v) is 18.0. The van der Waals surface area contributed by atoms with Gasteiger partial charge in [0.25, 0.3) is 0 Å². The first-order valence-corrected chi connectivity index (χ1v) is 9.35. The Balaban J connectivity index is 2.27. The maximum Gasteiger partial charge on any atom is 0.416 e. The Bertz CT molecular complexity index is 934. The number of nitrogens with one attached hydrogen (secondary N) is 1. The molecule has 10 heteroatoms. The van der Waals surface area contributed by atoms with E-state index in [1.165, 1.54) is 40.6 Å². The number of ether oxygens (including phenoxy) is 5. The van der Waals surface area contributed by atoms with Crippen molar-refractivity contribution in [3.05, 3.63) is 47.5 Å². The number of carbonyl (C=O) groups is 1. The minimum Gasteiger partial charge on any atom is -0.493 e. The van der Waals surface area contributed by atoms with Crippen molar-refractivity contribution in [2.45, 2.75) is 6.18 Å². The van der Waals surface area contributed by atoms with Crippen molar-refractivity contribution in [1.29, 1.82) is 0 Å². The van der Waals surface area contributed by atoms with Crippen LogP contribution >= 0.6 is 0 Å². The van der Waals surface area contributed by atoms with Crippen LogP contribution in [0.2, 0.25) is 0 Å². The quantitative estimate of drug-likeness (QED) is 0.423. The number of halogens is 3. The number of methoxy groups -OCH3 is 4. The van der Waals surface area contributed by atoms with Crippen LogP contribution in [0.25, 0.3) is 6.08 Å². The van der Waals surface area contributed by atoms with E-state index < -0.39 is 17.6 Å². The number of benzene rings is 2. The molecule has 0 spiro atoms. The third-order valence-electron chi connectivity index (χ3n) is 4.22. The number of rotatable bonds is 10. The van der Waals surface area contributed by atoms with Gasteiger partial charge in [0.15, 0.2) is 11.5 Å². The lowest BCUT2D eigenvalue weighted by molar-refractivity contribution is -0.137. The predicted octanol–water partition coefficient (Wildman–Crippen LogP) is 4.41. The van der Waals surface area contributed by atoms with E-state index >= 15 is 0 Å². The van der Waals surface area contributed by atoms with Gasteiger partial charge in [-0.1, -0.05) is 0 Å². The molecule has 0 atom stereocenters. The van der Waals surface area contributed by atoms with Crippen LogP contribution in [-0.4, -0.2) is 47.6 Å². The van der Waals surface area contributed by atoms with Gasteiger partial charge in [-0.2, -0.15) is 13.2 Å². The lowest BCUT2D eigenvalue weighted by atomic mass is 10.1. The van der Waals surface area contributed by atoms with E-state index in [4.69, 9.17) is 23.7 Å². The van der Waals surface area contributed by atoms with Crippen LogP contribution < -0.4 is 24.3 Å². The summed E-state index contributed by atoms with van der Waals surface area (Å²) in [4.78, 5) is 12.4. The molecule has 2 rings (SSSR count). The molecule has 32 heavy (non-hydrogen) atoms. The van der Waals surface area contributed by atoms with E-state index in [2.05, 4.69) is 5.32 Å². The molecule has 174 valence electrons. The molecule has 0 unspecified atom stereocenters. The molecule has 1 N–H and O–H groups in total. The van der Waals surface area contributed by atoms with Crippen LogP contribution in [0, 0.1) is 0 Å². The van der Waals surface area contributed by atoms with E-state index in [-0.39, 0.29) is 24.7 Å². The van der Waals surface area contributed by atoms with Gasteiger partial charge in [0.2, 0.25) is 11.7 Å². The van der Waals surface area contributed by atoms with Crippen LogP contribution in [0.1, 0.15) is 11.1 Å². The SMILES string of the molecule is COCCOc1ccc(C(F)(F)F)cc1NC(=O)/C=C/c1cc(OC)c(OC)c(OC)c1. The fourth-order valence-corrected chi connectivity index (χ4v) is 2.71. The number of amides is 1. The largest absolute Gasteiger partial charge is 0.493 e. The van der Waals surface area contributed by atoms with Crippen LogP contribution in [0.3, 0.4) is 0 Å². The second kappa shape index (κ2) is 11.3. The monoisotopic (exact) mass is 455 g/mol. The Morgan fingerprint density at radius 2 is 1.59 bits per heavy atom. The lowest BCUT2D eigenvalue weighted by Gasteiger charge is -2.15. The Morgan fingerprint density at radius 1 is 0.938 bits per heavy atom. The van der Waals surface area contributed by atoms with Crippen LogP contribution in [0.15, 0.2) is 36.4 Å². The van der Waals surface area contributed by atoms with E-state index in [1.54, 1.807) is 12.1 Å². The maximum atomic E-state index is 13.1. The van der Waals surface area contributed by atoms with Crippen molar-refractivity contribution in [2.75, 3.05) is 47.0 Å². The van der Waals surface area contributed by atoms with Crippen molar-refractivity contribution in [3.8, 4) is 23.0 Å². The Morgan fingerprint density at radius 3 is 2.12 bits per heavy atom. The summed E-state index contributed by atoms with van der Waals surface area (Å²) in [5.74, 6) is 0.593. The van der Waals surface area contributed by atoms with Gasteiger partial charge >= 0.3 is 6.18 Å². The molecule has 0 saturated carbocycles. The molecule has 2 aromatic rings. The highest BCUT2D eigenvalue weighted by Gasteiger charge is 2.31. The standard InChI is InChI=1S/C22H24F3NO6/c1-28-9-10-32-17-7-6-15(22(23,24)25)13-16(17)26-20(27)8-5-14-11-18(29-2)21(31-4)19(12-14)30-3/h5-8,11-13H,9-10H2,1-4H3,(H,26,27)/b8-5+. The summed E-state index contributed by atoms with van der Waals surface area (Å²) < 4.78 is 65.3. The first-order valence-electron chi connectivity index (χ1n) is 9.35. The van der Waals surface area contributed by atoms with E-state index in [9.17, 15) is 18.0 Å². The fraction of sp³-hybridized carbons (Fsp3) is 0.318. The van der Waals surface area contributed by atoms with Gasteiger partial charge in [0.1, 0.15) is 12.4 Å². The normalized spacial score (nSPS) is 11.3. The molecular weight excluding hydrogens is 431 g/mol. The third kappa shape index (κ3) is 6.55. The summed E-state index contributed by atoms with van der Waals surface area (Å²) in [6.07, 6.45) is -1.95. The van der Waals surface area contributed by atoms with E-state index in [0.29, 0.717) is 22.8 Å². The highest BCUT2D eigenvalue weighted by molar-refractivity contribution is 6.03. The highest BCUT2D eigenvalue weighted by atomic mass is 19.4. The average molecular weight is 455 g/mol. The molecule has 0 aliphatic carbocycles. The lowest BCUT2D eigenvalue weighted by Crippen LogP contribution is -2.13. The zero-order valence-electron chi connectivity index (χ0n) is 18.0. The fourth-order valence-electron chi connectivity index (χ4n) is 2.71. The molecule has 0 aliphatic rings. The van der Waals surface area contributed by atoms with Crippen molar-refractivity contribution < 1.29 is 41.7 Å². The molecule has 0 heterocycles. The summed E-state index contributed by atoms with van der Waals surface area (Å²) in [6.45, 7) is 0.335. The smallest absolute Gasteiger partial charge is 0.416 e. The molecule has 0 bridgehead atoms. The van der Waals surface area contributed by atoms with E-state index in [1.807, 2.05) is 0 Å². The van der Waals surface area contributed by atoms with Gasteiger partial charge in [-0.25, -0.2) is 0 Å². The van der Waals surface area contributed by atoms with Gasteiger partial charge in [0.05, 0.1) is 39.2 Å². The van der Waals surface area contributed by atoms with Crippen molar-refractivity contribution in [2.24, 2.45) is 0 Å². The average Bonchev–Trinajstić information content (AvgIpc) is 2.77. The Hall–Kier alpha value is -3.40. The van der Waals surface area contributed by atoms with Crippen molar-refractivity contribution in [1.82, 2.24) is 0 Å². The van der Waals surface area contributed by atoms with Gasteiger partial charge in [-0.3, -0.25) is 4.79 Å². The summed E-state index contributed by atoms with van der Waals surface area (Å²) in [5.41, 5.74) is -0.480. The number of hydrogen-bond acceptors (Lipinski definition) is 6. The predicted molar refractivity (Wildman–Crippen MR) is 113 cm³/mol. The molecule has 0 aromatic heterocycles. The van der Waals surface area contributed by atoms with Crippen molar-refractivity contribution >= 4 is 17.7 Å². The molecule has 7 nitrogen and oxygen atoms in total. The number of hydrogen-bond donors (Lipinski definition) is 1. The summed E-state index contributed by atoms with van der Waals surface area (Å²) in [6, 6.07) is 6.08. The molecule has 0 aliphatic heterocycles. The molecule has 2 aromatic carbocycles. The molecule has 0 saturated heterocycles. The third-order valence-corrected chi connectivity index (χ3v) is 4.22. The summed E-state index contributed by atoms with van der Waals surface area (Å²) in [5, 5.41) is 2.42. The van der Waals surface area contributed by atoms with Gasteiger partial charge in [-0.15, -0.1) is 0 Å². The minimum atomic E-state index is -4.57. The molecular formula is C22H24F3NO6. The highest BCUT2D eigenvalue weighted by Crippen LogP contribution is 2.38. The molecule has 0 radical (unpaired) electrons.